The number of halogens is 2. The van der Waals surface area contributed by atoms with Gasteiger partial charge in [-0.05, 0) is 53.5 Å². The van der Waals surface area contributed by atoms with E-state index in [0.717, 1.165) is 17.9 Å². The number of allylic oxidation sites excluding steroid dienone is 2. The summed E-state index contributed by atoms with van der Waals surface area (Å²) < 4.78 is 0. The molecular weight excluding hydrogens is 403 g/mol. The Bertz CT molecular complexity index is 523. The summed E-state index contributed by atoms with van der Waals surface area (Å²) in [6.45, 7) is 4.66. The monoisotopic (exact) mass is 420 g/mol. The van der Waals surface area contributed by atoms with E-state index in [1.54, 1.807) is 0 Å². The van der Waals surface area contributed by atoms with Gasteiger partial charge in [-0.25, -0.2) is 4.83 Å². The minimum atomic E-state index is 0.345. The zero-order chi connectivity index (χ0) is 14.6. The average Bonchev–Trinajstić information content (AvgIpc) is 2.41. The zero-order valence-electron chi connectivity index (χ0n) is 11.6. The highest BCUT2D eigenvalue weighted by molar-refractivity contribution is 14.2. The maximum absolute atomic E-state index is 5.99. The molecule has 0 unspecified atom stereocenters. The van der Waals surface area contributed by atoms with Crippen LogP contribution in [0.4, 0.5) is 0 Å². The first kappa shape index (κ1) is 16.2. The minimum Gasteiger partial charge on any atom is -0.242 e. The quantitative estimate of drug-likeness (QED) is 0.285. The van der Waals surface area contributed by atoms with Crippen LogP contribution in [0.25, 0.3) is 5.57 Å². The Morgan fingerprint density at radius 3 is 2.70 bits per heavy atom. The molecule has 0 saturated heterocycles. The Morgan fingerprint density at radius 2 is 2.05 bits per heavy atom. The van der Waals surface area contributed by atoms with Crippen molar-refractivity contribution in [2.75, 3.05) is 0 Å². The number of benzene rings is 1. The number of hydrogen-bond acceptors (Lipinski definition) is 3. The molecule has 5 heteroatoms. The lowest BCUT2D eigenvalue weighted by Crippen LogP contribution is -2.18. The van der Waals surface area contributed by atoms with E-state index in [9.17, 15) is 0 Å². The molecule has 108 valence electrons. The van der Waals surface area contributed by atoms with Gasteiger partial charge >= 0.3 is 0 Å². The molecule has 0 fully saturated rings. The summed E-state index contributed by atoms with van der Waals surface area (Å²) in [5.74, 6) is 0. The molecule has 1 N–H and O–H groups in total. The molecule has 20 heavy (non-hydrogen) atoms. The van der Waals surface area contributed by atoms with Crippen LogP contribution in [0.15, 0.2) is 34.9 Å². The van der Waals surface area contributed by atoms with Crippen LogP contribution in [-0.4, -0.2) is 6.21 Å². The van der Waals surface area contributed by atoms with Gasteiger partial charge in [0.05, 0.1) is 6.21 Å². The number of rotatable bonds is 4. The summed E-state index contributed by atoms with van der Waals surface area (Å²) >= 11 is 8.16. The van der Waals surface area contributed by atoms with Crippen LogP contribution in [0, 0.1) is 5.41 Å². The molecule has 2 rings (SSSR count). The van der Waals surface area contributed by atoms with Crippen molar-refractivity contribution in [1.82, 2.24) is 4.83 Å². The second-order valence-electron chi connectivity index (χ2n) is 5.78. The van der Waals surface area contributed by atoms with Gasteiger partial charge in [-0.1, -0.05) is 37.6 Å². The van der Waals surface area contributed by atoms with Crippen LogP contribution >= 0.6 is 41.9 Å². The maximum Gasteiger partial charge on any atom is 0.0513 e. The molecule has 0 amide bonds. The van der Waals surface area contributed by atoms with Crippen molar-refractivity contribution in [1.29, 1.82) is 0 Å². The molecular formula is C15H18ClIN2S. The standard InChI is InChI=1S/C15H18ClIN2S/c1-15(2)8-7-12(10-18-19-20-17)14(9-15)11-3-5-13(16)6-4-11/h3-6,10,19H,7-9H2,1-2H3/b18-10+. The molecule has 0 aliphatic heterocycles. The molecule has 0 radical (unpaired) electrons. The van der Waals surface area contributed by atoms with Crippen molar-refractivity contribution in [2.24, 2.45) is 10.5 Å². The predicted molar refractivity (Wildman–Crippen MR) is 99.2 cm³/mol. The third-order valence-corrected chi connectivity index (χ3v) is 4.63. The van der Waals surface area contributed by atoms with Crippen molar-refractivity contribution in [3.63, 3.8) is 0 Å². The van der Waals surface area contributed by atoms with Crippen molar-refractivity contribution >= 4 is 53.7 Å². The lowest BCUT2D eigenvalue weighted by atomic mass is 9.73. The fraction of sp³-hybridized carbons (Fsp3) is 0.400. The second kappa shape index (κ2) is 7.18. The molecule has 1 aromatic rings. The van der Waals surface area contributed by atoms with Crippen molar-refractivity contribution in [2.45, 2.75) is 33.1 Å². The Morgan fingerprint density at radius 1 is 1.35 bits per heavy atom. The number of hydrazone groups is 1. The van der Waals surface area contributed by atoms with Gasteiger partial charge in [0.25, 0.3) is 0 Å². The highest BCUT2D eigenvalue weighted by atomic mass is 127. The van der Waals surface area contributed by atoms with E-state index in [1.165, 1.54) is 32.2 Å². The number of hydrogen-bond donors (Lipinski definition) is 1. The molecule has 0 aromatic heterocycles. The highest BCUT2D eigenvalue weighted by Crippen LogP contribution is 2.42. The third-order valence-electron chi connectivity index (χ3n) is 3.61. The van der Waals surface area contributed by atoms with Crippen LogP contribution in [0.1, 0.15) is 38.7 Å². The number of nitrogens with one attached hydrogen (secondary N) is 1. The van der Waals surface area contributed by atoms with E-state index >= 15 is 0 Å². The Hall–Kier alpha value is -0.200. The Labute approximate surface area is 142 Å². The van der Waals surface area contributed by atoms with Crippen LogP contribution < -0.4 is 4.83 Å². The van der Waals surface area contributed by atoms with Gasteiger partial charge in [0.1, 0.15) is 0 Å². The normalized spacial score (nSPS) is 18.6. The SMILES string of the molecule is CC1(C)CCC(/C=N/NSI)=C(c2ccc(Cl)cc2)C1. The lowest BCUT2D eigenvalue weighted by molar-refractivity contribution is 0.335. The maximum atomic E-state index is 5.99. The van der Waals surface area contributed by atoms with E-state index in [4.69, 9.17) is 11.6 Å². The second-order valence-corrected chi connectivity index (χ2v) is 7.87. The van der Waals surface area contributed by atoms with Crippen molar-refractivity contribution < 1.29 is 0 Å². The molecule has 1 aliphatic rings. The molecule has 0 bridgehead atoms. The molecule has 0 atom stereocenters. The van der Waals surface area contributed by atoms with Gasteiger partial charge in [0, 0.05) is 35.3 Å². The van der Waals surface area contributed by atoms with Crippen LogP contribution in [0.3, 0.4) is 0 Å². The summed E-state index contributed by atoms with van der Waals surface area (Å²) in [5, 5.41) is 5.03. The molecule has 1 aliphatic carbocycles. The van der Waals surface area contributed by atoms with Crippen LogP contribution in [0.5, 0.6) is 0 Å². The van der Waals surface area contributed by atoms with Gasteiger partial charge in [-0.15, -0.1) is 0 Å². The largest absolute Gasteiger partial charge is 0.242 e. The van der Waals surface area contributed by atoms with E-state index in [0.29, 0.717) is 5.41 Å². The highest BCUT2D eigenvalue weighted by Gasteiger charge is 2.27. The van der Waals surface area contributed by atoms with Crippen molar-refractivity contribution in [3.8, 4) is 0 Å². The first-order valence-corrected chi connectivity index (χ1v) is 10.3. The third kappa shape index (κ3) is 4.40. The van der Waals surface area contributed by atoms with Crippen molar-refractivity contribution in [3.05, 3.63) is 40.4 Å². The van der Waals surface area contributed by atoms with E-state index in [2.05, 4.69) is 57.1 Å². The van der Waals surface area contributed by atoms with Gasteiger partial charge < -0.3 is 0 Å². The first-order chi connectivity index (χ1) is 9.52. The van der Waals surface area contributed by atoms with Crippen LogP contribution in [-0.2, 0) is 0 Å². The first-order valence-electron chi connectivity index (χ1n) is 6.55. The molecule has 0 spiro atoms. The molecule has 2 nitrogen and oxygen atoms in total. The van der Waals surface area contributed by atoms with E-state index < -0.39 is 0 Å². The molecule has 0 saturated carbocycles. The number of nitrogens with zero attached hydrogens (tertiary/aromatic N) is 1. The predicted octanol–water partition coefficient (Wildman–Crippen LogP) is 5.88. The van der Waals surface area contributed by atoms with Gasteiger partial charge in [-0.3, -0.25) is 0 Å². The fourth-order valence-corrected chi connectivity index (χ4v) is 3.07. The summed E-state index contributed by atoms with van der Waals surface area (Å²) in [7, 11) is 1.47. The van der Waals surface area contributed by atoms with Crippen LogP contribution in [0.2, 0.25) is 5.02 Å². The Kier molecular flexibility index (Phi) is 5.81. The topological polar surface area (TPSA) is 24.4 Å². The van der Waals surface area contributed by atoms with Gasteiger partial charge in [-0.2, -0.15) is 5.10 Å². The Balaban J connectivity index is 2.35. The zero-order valence-corrected chi connectivity index (χ0v) is 15.3. The van der Waals surface area contributed by atoms with E-state index in [1.807, 2.05) is 18.3 Å². The molecule has 0 heterocycles. The summed E-state index contributed by atoms with van der Waals surface area (Å²) in [4.78, 5) is 2.91. The summed E-state index contributed by atoms with van der Waals surface area (Å²) in [6.07, 6.45) is 5.31. The molecule has 1 aromatic carbocycles. The smallest absolute Gasteiger partial charge is 0.0513 e. The van der Waals surface area contributed by atoms with Gasteiger partial charge in [0.2, 0.25) is 0 Å². The van der Waals surface area contributed by atoms with Gasteiger partial charge in [0.15, 0.2) is 0 Å². The van der Waals surface area contributed by atoms with E-state index in [-0.39, 0.29) is 0 Å². The fourth-order valence-electron chi connectivity index (χ4n) is 2.51. The lowest BCUT2D eigenvalue weighted by Gasteiger charge is -2.32. The average molecular weight is 421 g/mol. The summed E-state index contributed by atoms with van der Waals surface area (Å²) in [5.41, 5.74) is 4.31. The summed E-state index contributed by atoms with van der Waals surface area (Å²) in [6, 6.07) is 8.12. The minimum absolute atomic E-state index is 0.345.